The molecule has 0 spiro atoms. The molecule has 1 aromatic heterocycles. The van der Waals surface area contributed by atoms with Gasteiger partial charge in [0.15, 0.2) is 18.1 Å². The van der Waals surface area contributed by atoms with Crippen LogP contribution in [0.3, 0.4) is 0 Å². The third-order valence-corrected chi connectivity index (χ3v) is 9.98. The van der Waals surface area contributed by atoms with Gasteiger partial charge in [-0.05, 0) is 73.2 Å². The molecule has 0 unspecified atom stereocenters. The Morgan fingerprint density at radius 2 is 1.74 bits per heavy atom. The number of carbonyl (C=O) groups is 3. The first kappa shape index (κ1) is 29.0. The smallest absolute Gasteiger partial charge is 0.305 e. The lowest BCUT2D eigenvalue weighted by Crippen LogP contribution is -2.32. The number of anilines is 2. The Balaban J connectivity index is 1.31. The summed E-state index contributed by atoms with van der Waals surface area (Å²) in [7, 11) is 0. The van der Waals surface area contributed by atoms with E-state index in [4.69, 9.17) is 9.47 Å². The van der Waals surface area contributed by atoms with Crippen LogP contribution in [0.15, 0.2) is 81.0 Å². The zero-order chi connectivity index (χ0) is 30.2. The van der Waals surface area contributed by atoms with E-state index in [0.717, 1.165) is 15.8 Å². The summed E-state index contributed by atoms with van der Waals surface area (Å²) < 4.78 is 12.5. The number of halogens is 1. The van der Waals surface area contributed by atoms with Gasteiger partial charge in [0, 0.05) is 21.0 Å². The van der Waals surface area contributed by atoms with Crippen LogP contribution in [0.2, 0.25) is 0 Å². The molecule has 4 aromatic rings. The Kier molecular flexibility index (Phi) is 8.03. The average Bonchev–Trinajstić information content (AvgIpc) is 3.48. The van der Waals surface area contributed by atoms with Gasteiger partial charge in [0.05, 0.1) is 23.2 Å². The van der Waals surface area contributed by atoms with Crippen molar-refractivity contribution in [1.29, 1.82) is 0 Å². The quantitative estimate of drug-likeness (QED) is 0.172. The van der Waals surface area contributed by atoms with E-state index < -0.39 is 23.0 Å². The van der Waals surface area contributed by atoms with Crippen LogP contribution in [0.5, 0.6) is 17.2 Å². The largest absolute Gasteiger partial charge is 0.508 e. The van der Waals surface area contributed by atoms with E-state index in [1.165, 1.54) is 28.8 Å². The van der Waals surface area contributed by atoms with Crippen LogP contribution in [0, 0.1) is 5.92 Å². The highest BCUT2D eigenvalue weighted by Gasteiger charge is 2.56. The molecule has 3 amide bonds. The Morgan fingerprint density at radius 3 is 2.47 bits per heavy atom. The summed E-state index contributed by atoms with van der Waals surface area (Å²) in [6.45, 7) is 1.82. The van der Waals surface area contributed by atoms with Gasteiger partial charge in [-0.3, -0.25) is 19.2 Å². The third-order valence-electron chi connectivity index (χ3n) is 7.05. The van der Waals surface area contributed by atoms with Crippen molar-refractivity contribution in [2.75, 3.05) is 23.4 Å². The van der Waals surface area contributed by atoms with Crippen LogP contribution in [0.4, 0.5) is 11.4 Å². The van der Waals surface area contributed by atoms with Crippen molar-refractivity contribution < 1.29 is 29.0 Å². The van der Waals surface area contributed by atoms with Crippen molar-refractivity contribution in [1.82, 2.24) is 4.98 Å². The minimum Gasteiger partial charge on any atom is -0.508 e. The number of benzene rings is 3. The van der Waals surface area contributed by atoms with Crippen molar-refractivity contribution >= 4 is 68.1 Å². The fourth-order valence-electron chi connectivity index (χ4n) is 5.21. The van der Waals surface area contributed by atoms with Gasteiger partial charge in [-0.2, -0.15) is 0 Å². The Bertz CT molecular complexity index is 1770. The summed E-state index contributed by atoms with van der Waals surface area (Å²) in [6.07, 6.45) is 0. The fourth-order valence-corrected chi connectivity index (χ4v) is 7.99. The van der Waals surface area contributed by atoms with Crippen molar-refractivity contribution in [3.63, 3.8) is 0 Å². The molecule has 1 saturated heterocycles. The normalized spacial score (nSPS) is 19.1. The molecule has 3 aromatic carbocycles. The van der Waals surface area contributed by atoms with E-state index in [1.54, 1.807) is 54.6 Å². The maximum Gasteiger partial charge on any atom is 0.305 e. The molecule has 2 aliphatic rings. The van der Waals surface area contributed by atoms with Crippen LogP contribution >= 0.6 is 39.0 Å². The van der Waals surface area contributed by atoms with E-state index in [2.05, 4.69) is 26.2 Å². The summed E-state index contributed by atoms with van der Waals surface area (Å²) in [6, 6.07) is 18.2. The van der Waals surface area contributed by atoms with E-state index in [0.29, 0.717) is 44.9 Å². The Hall–Kier alpha value is -4.07. The van der Waals surface area contributed by atoms with Crippen LogP contribution in [0.1, 0.15) is 23.3 Å². The minimum atomic E-state index is -0.752. The number of amides is 3. The first-order valence-corrected chi connectivity index (χ1v) is 15.7. The zero-order valence-electron chi connectivity index (χ0n) is 22.5. The second-order valence-corrected chi connectivity index (χ2v) is 12.8. The molecule has 3 N–H and O–H groups in total. The molecule has 0 aliphatic carbocycles. The SMILES string of the molecule is CCOc1cc([C@@H]2c3sc(=O)[nH]c3S[C@H]3C(=O)N(c4ccc(Br)cc4)C(=O)[C@@H]23)ccc1OCC(=O)Nc1ccc(O)cc1. The molecule has 0 radical (unpaired) electrons. The van der Waals surface area contributed by atoms with Gasteiger partial charge in [-0.15, -0.1) is 0 Å². The molecule has 1 fully saturated rings. The van der Waals surface area contributed by atoms with Crippen LogP contribution < -0.4 is 24.6 Å². The molecule has 3 atom stereocenters. The highest BCUT2D eigenvalue weighted by atomic mass is 79.9. The van der Waals surface area contributed by atoms with Crippen molar-refractivity contribution in [2.24, 2.45) is 5.92 Å². The number of nitrogens with zero attached hydrogens (tertiary/aromatic N) is 1. The molecule has 3 heterocycles. The van der Waals surface area contributed by atoms with E-state index in [1.807, 2.05) is 6.92 Å². The summed E-state index contributed by atoms with van der Waals surface area (Å²) in [4.78, 5) is 57.0. The third kappa shape index (κ3) is 5.67. The molecule has 0 bridgehead atoms. The highest BCUT2D eigenvalue weighted by Crippen LogP contribution is 2.53. The number of thiazole rings is 1. The second-order valence-electron chi connectivity index (χ2n) is 9.76. The first-order valence-electron chi connectivity index (χ1n) is 13.2. The minimum absolute atomic E-state index is 0.0855. The fraction of sp³-hybridized carbons (Fsp3) is 0.200. The number of H-pyrrole nitrogens is 1. The number of aromatic hydroxyl groups is 1. The van der Waals surface area contributed by atoms with Gasteiger partial charge in [0.2, 0.25) is 11.8 Å². The van der Waals surface area contributed by atoms with Gasteiger partial charge < -0.3 is 24.9 Å². The number of aromatic amines is 1. The summed E-state index contributed by atoms with van der Waals surface area (Å²) >= 11 is 5.62. The Morgan fingerprint density at radius 1 is 1.00 bits per heavy atom. The van der Waals surface area contributed by atoms with Crippen molar-refractivity contribution in [3.8, 4) is 17.2 Å². The molecule has 2 aliphatic heterocycles. The second kappa shape index (κ2) is 11.9. The number of fused-ring (bicyclic) bond motifs is 2. The number of carbonyl (C=O) groups excluding carboxylic acids is 3. The molecule has 220 valence electrons. The number of imide groups is 1. The van der Waals surface area contributed by atoms with Crippen LogP contribution in [-0.4, -0.2) is 46.3 Å². The number of thioether (sulfide) groups is 1. The number of ether oxygens (including phenoxy) is 2. The predicted octanol–water partition coefficient (Wildman–Crippen LogP) is 5.12. The molecule has 10 nitrogen and oxygen atoms in total. The summed E-state index contributed by atoms with van der Waals surface area (Å²) in [5.74, 6) is -1.67. The number of aromatic nitrogens is 1. The topological polar surface area (TPSA) is 138 Å². The molecule has 43 heavy (non-hydrogen) atoms. The summed E-state index contributed by atoms with van der Waals surface area (Å²) in [5, 5.41) is 12.0. The number of hydrogen-bond donors (Lipinski definition) is 3. The van der Waals surface area contributed by atoms with Gasteiger partial charge in [0.1, 0.15) is 11.0 Å². The highest BCUT2D eigenvalue weighted by molar-refractivity contribution is 9.10. The zero-order valence-corrected chi connectivity index (χ0v) is 25.8. The first-order chi connectivity index (χ1) is 20.7. The summed E-state index contributed by atoms with van der Waals surface area (Å²) in [5.41, 5.74) is 1.66. The monoisotopic (exact) mass is 681 g/mol. The van der Waals surface area contributed by atoms with Crippen molar-refractivity contribution in [2.45, 2.75) is 23.1 Å². The van der Waals surface area contributed by atoms with Crippen LogP contribution in [-0.2, 0) is 14.4 Å². The van der Waals surface area contributed by atoms with Crippen molar-refractivity contribution in [3.05, 3.63) is 91.3 Å². The predicted molar refractivity (Wildman–Crippen MR) is 166 cm³/mol. The molecular formula is C30H24BrN3O7S2. The molecule has 13 heteroatoms. The van der Waals surface area contributed by atoms with E-state index in [-0.39, 0.29) is 29.0 Å². The molecular weight excluding hydrogens is 658 g/mol. The van der Waals surface area contributed by atoms with Gasteiger partial charge >= 0.3 is 4.87 Å². The number of nitrogens with one attached hydrogen (secondary N) is 2. The van der Waals surface area contributed by atoms with Gasteiger partial charge in [0.25, 0.3) is 5.91 Å². The van der Waals surface area contributed by atoms with Gasteiger partial charge in [-0.1, -0.05) is 45.1 Å². The maximum absolute atomic E-state index is 13.9. The number of phenolic OH excluding ortho intramolecular Hbond substituents is 1. The van der Waals surface area contributed by atoms with E-state index >= 15 is 0 Å². The Labute approximate surface area is 262 Å². The standard InChI is InChI=1S/C30H24BrN3O7S2/c1-2-40-21-13-15(3-12-20(21)41-14-22(36)32-17-6-10-19(35)11-7-17)23-24-26(42-27-25(23)43-30(39)33-27)29(38)34(28(24)37)18-8-4-16(31)5-9-18/h3-13,23-24,26,35H,2,14H2,1H3,(H,32,36)(H,33,39)/t23-,24-,26+/m0/s1. The molecule has 6 rings (SSSR count). The lowest BCUT2D eigenvalue weighted by molar-refractivity contribution is -0.122. The lowest BCUT2D eigenvalue weighted by atomic mass is 9.83. The number of rotatable bonds is 8. The lowest BCUT2D eigenvalue weighted by Gasteiger charge is -2.30. The number of phenols is 1. The molecule has 0 saturated carbocycles. The van der Waals surface area contributed by atoms with Crippen LogP contribution in [0.25, 0.3) is 0 Å². The average molecular weight is 683 g/mol. The number of hydrogen-bond acceptors (Lipinski definition) is 9. The maximum atomic E-state index is 13.9. The van der Waals surface area contributed by atoms with E-state index in [9.17, 15) is 24.3 Å². The van der Waals surface area contributed by atoms with Gasteiger partial charge in [-0.25, -0.2) is 4.90 Å².